The van der Waals surface area contributed by atoms with E-state index in [0.29, 0.717) is 5.92 Å². The highest BCUT2D eigenvalue weighted by atomic mass is 15.3. The fourth-order valence-electron chi connectivity index (χ4n) is 3.73. The summed E-state index contributed by atoms with van der Waals surface area (Å²) in [6, 6.07) is 16.4. The third kappa shape index (κ3) is 2.98. The van der Waals surface area contributed by atoms with E-state index in [1.165, 1.54) is 23.8 Å². The SMILES string of the molecule is Cc1cccc(-n2ncc3c(C4CC4)cc(-c4cccc(C(C)N)n4)cc32)n1. The summed E-state index contributed by atoms with van der Waals surface area (Å²) in [7, 11) is 0. The minimum Gasteiger partial charge on any atom is -0.323 e. The number of hydrogen-bond acceptors (Lipinski definition) is 4. The van der Waals surface area contributed by atoms with Gasteiger partial charge >= 0.3 is 0 Å². The molecule has 0 bridgehead atoms. The van der Waals surface area contributed by atoms with E-state index < -0.39 is 0 Å². The molecule has 140 valence electrons. The molecule has 0 spiro atoms. The second-order valence-electron chi connectivity index (χ2n) is 7.70. The Morgan fingerprint density at radius 2 is 1.89 bits per heavy atom. The molecular formula is C23H23N5. The van der Waals surface area contributed by atoms with Gasteiger partial charge in [-0.15, -0.1) is 0 Å². The Balaban J connectivity index is 1.73. The van der Waals surface area contributed by atoms with Crippen LogP contribution in [0.5, 0.6) is 0 Å². The molecule has 3 heterocycles. The number of nitrogens with zero attached hydrogens (tertiary/aromatic N) is 4. The van der Waals surface area contributed by atoms with Crippen LogP contribution in [0.3, 0.4) is 0 Å². The molecule has 1 saturated carbocycles. The van der Waals surface area contributed by atoms with Gasteiger partial charge in [0, 0.05) is 22.7 Å². The zero-order valence-electron chi connectivity index (χ0n) is 16.1. The van der Waals surface area contributed by atoms with Crippen LogP contribution in [0.25, 0.3) is 28.0 Å². The molecule has 1 aliphatic carbocycles. The number of benzene rings is 1. The second kappa shape index (κ2) is 6.53. The van der Waals surface area contributed by atoms with Gasteiger partial charge < -0.3 is 5.73 Å². The molecule has 1 aliphatic rings. The van der Waals surface area contributed by atoms with Gasteiger partial charge in [0.25, 0.3) is 0 Å². The summed E-state index contributed by atoms with van der Waals surface area (Å²) in [5, 5.41) is 5.88. The maximum absolute atomic E-state index is 6.05. The highest BCUT2D eigenvalue weighted by Crippen LogP contribution is 2.44. The van der Waals surface area contributed by atoms with Crippen molar-refractivity contribution in [3.63, 3.8) is 0 Å². The summed E-state index contributed by atoms with van der Waals surface area (Å²) < 4.78 is 1.94. The van der Waals surface area contributed by atoms with E-state index in [0.717, 1.165) is 34.0 Å². The minimum atomic E-state index is -0.0893. The van der Waals surface area contributed by atoms with Crippen LogP contribution in [0.4, 0.5) is 0 Å². The molecule has 1 unspecified atom stereocenters. The van der Waals surface area contributed by atoms with Crippen molar-refractivity contribution < 1.29 is 0 Å². The van der Waals surface area contributed by atoms with Gasteiger partial charge in [0.15, 0.2) is 5.82 Å². The van der Waals surface area contributed by atoms with E-state index in [9.17, 15) is 0 Å². The van der Waals surface area contributed by atoms with E-state index in [1.54, 1.807) is 0 Å². The Morgan fingerprint density at radius 3 is 2.64 bits per heavy atom. The summed E-state index contributed by atoms with van der Waals surface area (Å²) in [6.45, 7) is 3.96. The van der Waals surface area contributed by atoms with Gasteiger partial charge in [-0.3, -0.25) is 4.98 Å². The van der Waals surface area contributed by atoms with Crippen molar-refractivity contribution in [1.82, 2.24) is 19.7 Å². The molecule has 28 heavy (non-hydrogen) atoms. The van der Waals surface area contributed by atoms with E-state index in [2.05, 4.69) is 28.3 Å². The van der Waals surface area contributed by atoms with Crippen molar-refractivity contribution in [2.75, 3.05) is 0 Å². The smallest absolute Gasteiger partial charge is 0.154 e. The molecule has 1 aromatic carbocycles. The molecule has 1 atom stereocenters. The van der Waals surface area contributed by atoms with Gasteiger partial charge in [0.1, 0.15) is 0 Å². The average molecular weight is 369 g/mol. The predicted molar refractivity (Wildman–Crippen MR) is 111 cm³/mol. The average Bonchev–Trinajstić information content (AvgIpc) is 3.46. The van der Waals surface area contributed by atoms with E-state index in [4.69, 9.17) is 10.7 Å². The van der Waals surface area contributed by atoms with Crippen molar-refractivity contribution >= 4 is 10.9 Å². The Hall–Kier alpha value is -3.05. The molecule has 5 rings (SSSR count). The third-order valence-corrected chi connectivity index (χ3v) is 5.36. The van der Waals surface area contributed by atoms with Crippen LogP contribution in [-0.4, -0.2) is 19.7 Å². The maximum atomic E-state index is 6.05. The topological polar surface area (TPSA) is 69.6 Å². The van der Waals surface area contributed by atoms with Crippen molar-refractivity contribution in [3.8, 4) is 17.1 Å². The largest absolute Gasteiger partial charge is 0.323 e. The summed E-state index contributed by atoms with van der Waals surface area (Å²) >= 11 is 0. The molecule has 0 radical (unpaired) electrons. The fourth-order valence-corrected chi connectivity index (χ4v) is 3.73. The number of nitrogens with two attached hydrogens (primary N) is 1. The van der Waals surface area contributed by atoms with Crippen LogP contribution in [0, 0.1) is 6.92 Å². The lowest BCUT2D eigenvalue weighted by Crippen LogP contribution is -2.07. The van der Waals surface area contributed by atoms with Crippen LogP contribution in [-0.2, 0) is 0 Å². The quantitative estimate of drug-likeness (QED) is 0.567. The second-order valence-corrected chi connectivity index (χ2v) is 7.70. The molecule has 5 heteroatoms. The lowest BCUT2D eigenvalue weighted by atomic mass is 10.00. The summed E-state index contributed by atoms with van der Waals surface area (Å²) in [4.78, 5) is 9.46. The van der Waals surface area contributed by atoms with E-state index >= 15 is 0 Å². The van der Waals surface area contributed by atoms with Crippen LogP contribution in [0.2, 0.25) is 0 Å². The van der Waals surface area contributed by atoms with Gasteiger partial charge in [0.2, 0.25) is 0 Å². The number of aryl methyl sites for hydroxylation is 1. The van der Waals surface area contributed by atoms with Crippen molar-refractivity contribution in [3.05, 3.63) is 71.7 Å². The first kappa shape index (κ1) is 17.1. The van der Waals surface area contributed by atoms with Gasteiger partial charge in [-0.2, -0.15) is 5.10 Å². The van der Waals surface area contributed by atoms with Crippen LogP contribution >= 0.6 is 0 Å². The predicted octanol–water partition coefficient (Wildman–Crippen LogP) is 4.69. The molecule has 5 nitrogen and oxygen atoms in total. The van der Waals surface area contributed by atoms with Crippen LogP contribution in [0.15, 0.2) is 54.7 Å². The molecule has 3 aromatic heterocycles. The van der Waals surface area contributed by atoms with Gasteiger partial charge in [-0.05, 0) is 74.6 Å². The van der Waals surface area contributed by atoms with E-state index in [-0.39, 0.29) is 6.04 Å². The monoisotopic (exact) mass is 369 g/mol. The Kier molecular flexibility index (Phi) is 3.98. The molecule has 0 amide bonds. The first-order valence-corrected chi connectivity index (χ1v) is 9.79. The van der Waals surface area contributed by atoms with Gasteiger partial charge in [0.05, 0.1) is 23.1 Å². The molecule has 0 saturated heterocycles. The lowest BCUT2D eigenvalue weighted by Gasteiger charge is -2.11. The fraction of sp³-hybridized carbons (Fsp3) is 0.261. The third-order valence-electron chi connectivity index (χ3n) is 5.36. The zero-order valence-corrected chi connectivity index (χ0v) is 16.1. The number of fused-ring (bicyclic) bond motifs is 1. The standard InChI is InChI=1S/C23H23N5/c1-14-5-3-8-23(26-14)28-22-12-17(21-7-4-6-20(27-21)15(2)24)11-18(16-9-10-16)19(22)13-25-28/h3-8,11-13,15-16H,9-10,24H2,1-2H3. The Labute approximate surface area is 164 Å². The summed E-state index contributed by atoms with van der Waals surface area (Å²) in [5.41, 5.74) is 12.4. The Bertz CT molecular complexity index is 1170. The molecule has 0 aliphatic heterocycles. The zero-order chi connectivity index (χ0) is 19.3. The molecule has 1 fully saturated rings. The Morgan fingerprint density at radius 1 is 1.07 bits per heavy atom. The maximum Gasteiger partial charge on any atom is 0.154 e. The lowest BCUT2D eigenvalue weighted by molar-refractivity contribution is 0.782. The van der Waals surface area contributed by atoms with Crippen LogP contribution in [0.1, 0.15) is 48.7 Å². The first-order valence-electron chi connectivity index (χ1n) is 9.79. The van der Waals surface area contributed by atoms with Crippen molar-refractivity contribution in [1.29, 1.82) is 0 Å². The molecule has 4 aromatic rings. The highest BCUT2D eigenvalue weighted by Gasteiger charge is 2.27. The highest BCUT2D eigenvalue weighted by molar-refractivity contribution is 5.89. The van der Waals surface area contributed by atoms with Crippen LogP contribution < -0.4 is 5.73 Å². The number of pyridine rings is 2. The van der Waals surface area contributed by atoms with Crippen molar-refractivity contribution in [2.45, 2.75) is 38.6 Å². The number of aromatic nitrogens is 4. The van der Waals surface area contributed by atoms with Gasteiger partial charge in [-0.25, -0.2) is 9.67 Å². The normalized spacial score (nSPS) is 15.1. The molecule has 2 N–H and O–H groups in total. The molecular weight excluding hydrogens is 346 g/mol. The number of rotatable bonds is 4. The summed E-state index contributed by atoms with van der Waals surface area (Å²) in [5.74, 6) is 1.45. The summed E-state index contributed by atoms with van der Waals surface area (Å²) in [6.07, 6.45) is 4.45. The van der Waals surface area contributed by atoms with E-state index in [1.807, 2.05) is 55.1 Å². The first-order chi connectivity index (χ1) is 13.6. The minimum absolute atomic E-state index is 0.0893. The van der Waals surface area contributed by atoms with Crippen molar-refractivity contribution in [2.24, 2.45) is 5.73 Å². The van der Waals surface area contributed by atoms with Gasteiger partial charge in [-0.1, -0.05) is 12.1 Å². The number of hydrogen-bond donors (Lipinski definition) is 1.